The predicted octanol–water partition coefficient (Wildman–Crippen LogP) is 0.894. The second kappa shape index (κ2) is 7.82. The van der Waals surface area contributed by atoms with Crippen LogP contribution in [0.2, 0.25) is 0 Å². The quantitative estimate of drug-likeness (QED) is 0.863. The van der Waals surface area contributed by atoms with Gasteiger partial charge in [0.1, 0.15) is 5.75 Å². The van der Waals surface area contributed by atoms with Crippen molar-refractivity contribution in [2.24, 2.45) is 0 Å². The lowest BCUT2D eigenvalue weighted by Gasteiger charge is -2.35. The van der Waals surface area contributed by atoms with Crippen molar-refractivity contribution in [3.05, 3.63) is 29.8 Å². The van der Waals surface area contributed by atoms with Gasteiger partial charge in [0.2, 0.25) is 0 Å². The topological polar surface area (TPSA) is 82.1 Å². The number of nitrogens with zero attached hydrogens (tertiary/aromatic N) is 2. The number of amides is 3. The zero-order valence-corrected chi connectivity index (χ0v) is 13.5. The average molecular weight is 321 g/mol. The van der Waals surface area contributed by atoms with Gasteiger partial charge in [-0.15, -0.1) is 0 Å². The first-order chi connectivity index (χ1) is 11.0. The Hall–Kier alpha value is -2.28. The second-order valence-corrected chi connectivity index (χ2v) is 5.64. The summed E-state index contributed by atoms with van der Waals surface area (Å²) in [6, 6.07) is 6.10. The minimum absolute atomic E-state index is 0.0561. The molecule has 3 amide bonds. The first kappa shape index (κ1) is 17.1. The maximum atomic E-state index is 12.4. The van der Waals surface area contributed by atoms with Crippen LogP contribution in [0, 0.1) is 0 Å². The molecule has 126 valence electrons. The Labute approximate surface area is 135 Å². The smallest absolute Gasteiger partial charge is 0.317 e. The number of ether oxygens (including phenoxy) is 1. The van der Waals surface area contributed by atoms with Crippen molar-refractivity contribution >= 4 is 11.9 Å². The number of carbonyl (C=O) groups is 2. The number of aromatic hydroxyl groups is 1. The van der Waals surface area contributed by atoms with Crippen LogP contribution < -0.4 is 5.32 Å². The number of methoxy groups -OCH3 is 1. The van der Waals surface area contributed by atoms with Gasteiger partial charge in [0, 0.05) is 38.9 Å². The Morgan fingerprint density at radius 3 is 2.52 bits per heavy atom. The highest BCUT2D eigenvalue weighted by Gasteiger charge is 2.25. The molecule has 1 atom stereocenters. The summed E-state index contributed by atoms with van der Waals surface area (Å²) in [6.45, 7) is 4.25. The fourth-order valence-electron chi connectivity index (χ4n) is 2.53. The minimum atomic E-state index is -0.140. The van der Waals surface area contributed by atoms with E-state index in [1.54, 1.807) is 29.0 Å². The molecule has 0 aromatic heterocycles. The third-order valence-electron chi connectivity index (χ3n) is 3.73. The van der Waals surface area contributed by atoms with Crippen LogP contribution in [0.5, 0.6) is 5.75 Å². The summed E-state index contributed by atoms with van der Waals surface area (Å²) in [5.74, 6) is -0.0605. The number of phenolic OH excluding ortho intramolecular Hbond substituents is 1. The molecule has 7 nitrogen and oxygen atoms in total. The SMILES string of the molecule is COCC(C)NC(=O)N1CCN(C(=O)c2cccc(O)c2)CC1. The normalized spacial score (nSPS) is 16.1. The Bertz CT molecular complexity index is 556. The Morgan fingerprint density at radius 1 is 1.26 bits per heavy atom. The highest BCUT2D eigenvalue weighted by Crippen LogP contribution is 2.14. The van der Waals surface area contributed by atoms with E-state index in [-0.39, 0.29) is 23.7 Å². The largest absolute Gasteiger partial charge is 0.508 e. The Kier molecular flexibility index (Phi) is 5.81. The van der Waals surface area contributed by atoms with Gasteiger partial charge >= 0.3 is 6.03 Å². The predicted molar refractivity (Wildman–Crippen MR) is 85.5 cm³/mol. The highest BCUT2D eigenvalue weighted by atomic mass is 16.5. The standard InChI is InChI=1S/C16H23N3O4/c1-12(11-23-2)17-16(22)19-8-6-18(7-9-19)15(21)13-4-3-5-14(20)10-13/h3-5,10,12,20H,6-9,11H2,1-2H3,(H,17,22). The summed E-state index contributed by atoms with van der Waals surface area (Å²) in [6.07, 6.45) is 0. The number of benzene rings is 1. The molecular weight excluding hydrogens is 298 g/mol. The molecule has 0 aliphatic carbocycles. The van der Waals surface area contributed by atoms with Crippen LogP contribution in [-0.2, 0) is 4.74 Å². The molecule has 1 fully saturated rings. The van der Waals surface area contributed by atoms with Crippen molar-refractivity contribution in [3.63, 3.8) is 0 Å². The fraction of sp³-hybridized carbons (Fsp3) is 0.500. The molecule has 0 saturated carbocycles. The average Bonchev–Trinajstić information content (AvgIpc) is 2.54. The van der Waals surface area contributed by atoms with E-state index in [2.05, 4.69) is 5.32 Å². The van der Waals surface area contributed by atoms with E-state index in [4.69, 9.17) is 4.74 Å². The monoisotopic (exact) mass is 321 g/mol. The highest BCUT2D eigenvalue weighted by molar-refractivity contribution is 5.94. The van der Waals surface area contributed by atoms with Crippen molar-refractivity contribution in [2.45, 2.75) is 13.0 Å². The van der Waals surface area contributed by atoms with Gasteiger partial charge in [-0.3, -0.25) is 4.79 Å². The number of rotatable bonds is 4. The number of piperazine rings is 1. The van der Waals surface area contributed by atoms with Gasteiger partial charge in [0.25, 0.3) is 5.91 Å². The zero-order valence-electron chi connectivity index (χ0n) is 13.5. The molecule has 1 aliphatic rings. The fourth-order valence-corrected chi connectivity index (χ4v) is 2.53. The molecule has 1 aliphatic heterocycles. The van der Waals surface area contributed by atoms with Crippen LogP contribution >= 0.6 is 0 Å². The van der Waals surface area contributed by atoms with Gasteiger partial charge in [0.05, 0.1) is 12.6 Å². The summed E-state index contributed by atoms with van der Waals surface area (Å²) >= 11 is 0. The van der Waals surface area contributed by atoms with Gasteiger partial charge < -0.3 is 25.0 Å². The molecule has 7 heteroatoms. The summed E-state index contributed by atoms with van der Waals surface area (Å²) in [5.41, 5.74) is 0.455. The van der Waals surface area contributed by atoms with E-state index >= 15 is 0 Å². The molecule has 1 heterocycles. The van der Waals surface area contributed by atoms with Crippen LogP contribution in [-0.4, -0.2) is 72.8 Å². The van der Waals surface area contributed by atoms with Crippen LogP contribution in [0.1, 0.15) is 17.3 Å². The Morgan fingerprint density at radius 2 is 1.91 bits per heavy atom. The maximum Gasteiger partial charge on any atom is 0.317 e. The van der Waals surface area contributed by atoms with E-state index < -0.39 is 0 Å². The molecule has 0 radical (unpaired) electrons. The van der Waals surface area contributed by atoms with Crippen molar-refractivity contribution in [2.75, 3.05) is 39.9 Å². The first-order valence-corrected chi connectivity index (χ1v) is 7.64. The molecular formula is C16H23N3O4. The molecule has 2 N–H and O–H groups in total. The van der Waals surface area contributed by atoms with Crippen LogP contribution in [0.15, 0.2) is 24.3 Å². The van der Waals surface area contributed by atoms with Crippen LogP contribution in [0.4, 0.5) is 4.79 Å². The Balaban J connectivity index is 1.86. The molecule has 1 aromatic carbocycles. The van der Waals surface area contributed by atoms with Crippen molar-refractivity contribution in [1.29, 1.82) is 0 Å². The third-order valence-corrected chi connectivity index (χ3v) is 3.73. The minimum Gasteiger partial charge on any atom is -0.508 e. The number of hydrogen-bond acceptors (Lipinski definition) is 4. The molecule has 0 spiro atoms. The molecule has 0 bridgehead atoms. The number of phenols is 1. The van der Waals surface area contributed by atoms with Gasteiger partial charge in [-0.2, -0.15) is 0 Å². The molecule has 23 heavy (non-hydrogen) atoms. The molecule has 1 unspecified atom stereocenters. The number of hydrogen-bond donors (Lipinski definition) is 2. The van der Waals surface area contributed by atoms with Gasteiger partial charge in [-0.25, -0.2) is 4.79 Å². The second-order valence-electron chi connectivity index (χ2n) is 5.64. The van der Waals surface area contributed by atoms with E-state index in [1.807, 2.05) is 6.92 Å². The summed E-state index contributed by atoms with van der Waals surface area (Å²) < 4.78 is 4.99. The number of nitrogens with one attached hydrogen (secondary N) is 1. The van der Waals surface area contributed by atoms with E-state index in [9.17, 15) is 14.7 Å². The maximum absolute atomic E-state index is 12.4. The van der Waals surface area contributed by atoms with Gasteiger partial charge in [-0.05, 0) is 25.1 Å². The van der Waals surface area contributed by atoms with Crippen molar-refractivity contribution in [1.82, 2.24) is 15.1 Å². The lowest BCUT2D eigenvalue weighted by molar-refractivity contribution is 0.0660. The molecule has 1 aromatic rings. The lowest BCUT2D eigenvalue weighted by atomic mass is 10.1. The number of urea groups is 1. The first-order valence-electron chi connectivity index (χ1n) is 7.64. The van der Waals surface area contributed by atoms with Crippen LogP contribution in [0.3, 0.4) is 0 Å². The summed E-state index contributed by atoms with van der Waals surface area (Å²) in [4.78, 5) is 27.9. The van der Waals surface area contributed by atoms with Crippen LogP contribution in [0.25, 0.3) is 0 Å². The van der Waals surface area contributed by atoms with Gasteiger partial charge in [0.15, 0.2) is 0 Å². The van der Waals surface area contributed by atoms with E-state index in [0.29, 0.717) is 38.3 Å². The van der Waals surface area contributed by atoms with E-state index in [1.165, 1.54) is 12.1 Å². The van der Waals surface area contributed by atoms with E-state index in [0.717, 1.165) is 0 Å². The number of carbonyl (C=O) groups excluding carboxylic acids is 2. The van der Waals surface area contributed by atoms with Gasteiger partial charge in [-0.1, -0.05) is 6.07 Å². The zero-order chi connectivity index (χ0) is 16.8. The summed E-state index contributed by atoms with van der Waals surface area (Å²) in [7, 11) is 1.59. The van der Waals surface area contributed by atoms with Crippen molar-refractivity contribution < 1.29 is 19.4 Å². The lowest BCUT2D eigenvalue weighted by Crippen LogP contribution is -2.54. The third kappa shape index (κ3) is 4.59. The summed E-state index contributed by atoms with van der Waals surface area (Å²) in [5, 5.41) is 12.3. The molecule has 2 rings (SSSR count). The van der Waals surface area contributed by atoms with Crippen molar-refractivity contribution in [3.8, 4) is 5.75 Å². The molecule has 1 saturated heterocycles.